The van der Waals surface area contributed by atoms with E-state index >= 15 is 0 Å². The van der Waals surface area contributed by atoms with Gasteiger partial charge in [0.15, 0.2) is 0 Å². The summed E-state index contributed by atoms with van der Waals surface area (Å²) in [6, 6.07) is 5.79. The van der Waals surface area contributed by atoms with Crippen LogP contribution in [0.4, 0.5) is 5.69 Å². The molecule has 1 aromatic carbocycles. The van der Waals surface area contributed by atoms with Crippen molar-refractivity contribution in [2.75, 3.05) is 12.8 Å². The Balaban J connectivity index is 2.62. The maximum Gasteiger partial charge on any atom is 0.240 e. The van der Waals surface area contributed by atoms with Crippen molar-refractivity contribution in [1.29, 1.82) is 0 Å². The zero-order valence-corrected chi connectivity index (χ0v) is 9.27. The molecule has 2 rings (SSSR count). The molecule has 2 N–H and O–H groups in total. The first-order chi connectivity index (χ1) is 7.72. The zero-order valence-electron chi connectivity index (χ0n) is 9.27. The number of methoxy groups -OCH3 is 1. The van der Waals surface area contributed by atoms with Crippen LogP contribution in [0.5, 0.6) is 5.88 Å². The third-order valence-electron chi connectivity index (χ3n) is 2.32. The number of nitrogens with two attached hydrogens (primary N) is 1. The minimum Gasteiger partial charge on any atom is -0.479 e. The number of benzene rings is 1. The lowest BCUT2D eigenvalue weighted by Crippen LogP contribution is -1.97. The van der Waals surface area contributed by atoms with Crippen molar-refractivity contribution in [3.63, 3.8) is 0 Å². The van der Waals surface area contributed by atoms with E-state index in [9.17, 15) is 0 Å². The molecule has 0 aliphatic rings. The fourth-order valence-corrected chi connectivity index (χ4v) is 1.53. The van der Waals surface area contributed by atoms with E-state index in [-0.39, 0.29) is 0 Å². The van der Waals surface area contributed by atoms with Gasteiger partial charge >= 0.3 is 0 Å². The molecule has 4 heteroatoms. The number of nitrogens with zero attached hydrogens (tertiary/aromatic N) is 2. The molecule has 82 valence electrons. The van der Waals surface area contributed by atoms with Gasteiger partial charge in [0, 0.05) is 23.6 Å². The molecule has 0 unspecified atom stereocenters. The molecule has 0 aliphatic heterocycles. The van der Waals surface area contributed by atoms with E-state index in [4.69, 9.17) is 10.5 Å². The summed E-state index contributed by atoms with van der Waals surface area (Å²) >= 11 is 0. The second kappa shape index (κ2) is 4.18. The molecular formula is C12H13N3O. The van der Waals surface area contributed by atoms with Crippen LogP contribution in [0.1, 0.15) is 5.56 Å². The first-order valence-corrected chi connectivity index (χ1v) is 4.94. The summed E-state index contributed by atoms with van der Waals surface area (Å²) in [6.07, 6.45) is 3.22. The quantitative estimate of drug-likeness (QED) is 0.779. The molecule has 0 atom stereocenters. The molecule has 0 fully saturated rings. The number of hydrogen-bond acceptors (Lipinski definition) is 4. The van der Waals surface area contributed by atoms with Crippen LogP contribution >= 0.6 is 0 Å². The van der Waals surface area contributed by atoms with Gasteiger partial charge in [-0.1, -0.05) is 11.6 Å². The van der Waals surface area contributed by atoms with Crippen molar-refractivity contribution >= 4 is 5.69 Å². The molecule has 2 aromatic rings. The summed E-state index contributed by atoms with van der Waals surface area (Å²) in [4.78, 5) is 8.36. The van der Waals surface area contributed by atoms with Crippen molar-refractivity contribution in [1.82, 2.24) is 9.97 Å². The lowest BCUT2D eigenvalue weighted by molar-refractivity contribution is 0.398. The highest BCUT2D eigenvalue weighted by Crippen LogP contribution is 2.30. The summed E-state index contributed by atoms with van der Waals surface area (Å²) in [5.41, 5.74) is 9.24. The highest BCUT2D eigenvalue weighted by molar-refractivity contribution is 5.77. The van der Waals surface area contributed by atoms with Gasteiger partial charge in [-0.2, -0.15) is 0 Å². The Kier molecular flexibility index (Phi) is 2.72. The van der Waals surface area contributed by atoms with Crippen molar-refractivity contribution in [2.24, 2.45) is 0 Å². The van der Waals surface area contributed by atoms with Gasteiger partial charge in [0.1, 0.15) is 5.69 Å². The predicted octanol–water partition coefficient (Wildman–Crippen LogP) is 2.04. The molecule has 0 radical (unpaired) electrons. The fraction of sp³-hybridized carbons (Fsp3) is 0.167. The molecule has 0 amide bonds. The summed E-state index contributed by atoms with van der Waals surface area (Å²) in [5.74, 6) is 0.486. The summed E-state index contributed by atoms with van der Waals surface area (Å²) < 4.78 is 5.17. The summed E-state index contributed by atoms with van der Waals surface area (Å²) in [7, 11) is 1.57. The molecule has 0 aliphatic carbocycles. The van der Waals surface area contributed by atoms with Gasteiger partial charge in [0.05, 0.1) is 7.11 Å². The fourth-order valence-electron chi connectivity index (χ4n) is 1.53. The van der Waals surface area contributed by atoms with Gasteiger partial charge in [0.25, 0.3) is 0 Å². The zero-order chi connectivity index (χ0) is 11.5. The third kappa shape index (κ3) is 1.82. The Bertz CT molecular complexity index is 511. The van der Waals surface area contributed by atoms with Crippen molar-refractivity contribution in [2.45, 2.75) is 6.92 Å². The maximum atomic E-state index is 5.92. The van der Waals surface area contributed by atoms with Gasteiger partial charge in [-0.05, 0) is 19.1 Å². The smallest absolute Gasteiger partial charge is 0.240 e. The van der Waals surface area contributed by atoms with Gasteiger partial charge in [-0.3, -0.25) is 0 Å². The van der Waals surface area contributed by atoms with Crippen LogP contribution in [0.2, 0.25) is 0 Å². The van der Waals surface area contributed by atoms with E-state index in [0.29, 0.717) is 17.3 Å². The number of aryl methyl sites for hydroxylation is 1. The number of hydrogen-bond donors (Lipinski definition) is 1. The number of nitrogen functional groups attached to an aromatic ring is 1. The number of rotatable bonds is 2. The Morgan fingerprint density at radius 2 is 1.94 bits per heavy atom. The highest BCUT2D eigenvalue weighted by atomic mass is 16.5. The molecule has 0 spiro atoms. The second-order valence-electron chi connectivity index (χ2n) is 3.50. The lowest BCUT2D eigenvalue weighted by Gasteiger charge is -2.09. The minimum absolute atomic E-state index is 0.486. The van der Waals surface area contributed by atoms with Gasteiger partial charge in [-0.25, -0.2) is 9.97 Å². The third-order valence-corrected chi connectivity index (χ3v) is 2.32. The van der Waals surface area contributed by atoms with Crippen LogP contribution in [0.15, 0.2) is 30.6 Å². The molecule has 16 heavy (non-hydrogen) atoms. The highest BCUT2D eigenvalue weighted by Gasteiger charge is 2.11. The first kappa shape index (κ1) is 10.4. The molecule has 1 aromatic heterocycles. The van der Waals surface area contributed by atoms with Crippen LogP contribution in [0.3, 0.4) is 0 Å². The first-order valence-electron chi connectivity index (χ1n) is 4.94. The average Bonchev–Trinajstić information content (AvgIpc) is 2.32. The van der Waals surface area contributed by atoms with Crippen LogP contribution in [-0.2, 0) is 0 Å². The van der Waals surface area contributed by atoms with Gasteiger partial charge in [-0.15, -0.1) is 0 Å². The Morgan fingerprint density at radius 1 is 1.19 bits per heavy atom. The van der Waals surface area contributed by atoms with Crippen LogP contribution in [-0.4, -0.2) is 17.1 Å². The van der Waals surface area contributed by atoms with E-state index in [0.717, 1.165) is 11.1 Å². The van der Waals surface area contributed by atoms with E-state index in [1.807, 2.05) is 25.1 Å². The molecule has 1 heterocycles. The molecule has 0 saturated carbocycles. The van der Waals surface area contributed by atoms with Crippen LogP contribution < -0.4 is 10.5 Å². The predicted molar refractivity (Wildman–Crippen MR) is 63.2 cm³/mol. The molecular weight excluding hydrogens is 202 g/mol. The second-order valence-corrected chi connectivity index (χ2v) is 3.50. The summed E-state index contributed by atoms with van der Waals surface area (Å²) in [6.45, 7) is 2.01. The van der Waals surface area contributed by atoms with E-state index in [2.05, 4.69) is 9.97 Å². The number of aromatic nitrogens is 2. The molecule has 0 bridgehead atoms. The van der Waals surface area contributed by atoms with Crippen LogP contribution in [0, 0.1) is 6.92 Å². The van der Waals surface area contributed by atoms with Gasteiger partial charge < -0.3 is 10.5 Å². The average molecular weight is 215 g/mol. The van der Waals surface area contributed by atoms with Crippen molar-refractivity contribution < 1.29 is 4.74 Å². The Labute approximate surface area is 94.1 Å². The van der Waals surface area contributed by atoms with E-state index in [1.54, 1.807) is 19.5 Å². The van der Waals surface area contributed by atoms with E-state index < -0.39 is 0 Å². The molecule has 4 nitrogen and oxygen atoms in total. The van der Waals surface area contributed by atoms with Crippen molar-refractivity contribution in [3.05, 3.63) is 36.2 Å². The van der Waals surface area contributed by atoms with E-state index in [1.165, 1.54) is 0 Å². The Hall–Kier alpha value is -2.10. The number of anilines is 1. The summed E-state index contributed by atoms with van der Waals surface area (Å²) in [5, 5.41) is 0. The Morgan fingerprint density at radius 3 is 2.69 bits per heavy atom. The monoisotopic (exact) mass is 215 g/mol. The standard InChI is InChI=1S/C12H13N3O/c1-8-3-4-10(13)9(7-8)11-12(16-2)15-6-5-14-11/h3-7H,13H2,1-2H3. The SMILES string of the molecule is COc1nccnc1-c1cc(C)ccc1N. The number of ether oxygens (including phenoxy) is 1. The van der Waals surface area contributed by atoms with Crippen molar-refractivity contribution in [3.8, 4) is 17.1 Å². The topological polar surface area (TPSA) is 61.0 Å². The van der Waals surface area contributed by atoms with Crippen LogP contribution in [0.25, 0.3) is 11.3 Å². The largest absolute Gasteiger partial charge is 0.479 e. The lowest BCUT2D eigenvalue weighted by atomic mass is 10.1. The minimum atomic E-state index is 0.486. The van der Waals surface area contributed by atoms with Gasteiger partial charge in [0.2, 0.25) is 5.88 Å². The molecule has 0 saturated heterocycles. The maximum absolute atomic E-state index is 5.92. The normalized spacial score (nSPS) is 10.1.